The lowest BCUT2D eigenvalue weighted by Gasteiger charge is -2.43. The normalized spacial score (nSPS) is 17.5. The highest BCUT2D eigenvalue weighted by Crippen LogP contribution is 2.21. The first-order valence-electron chi connectivity index (χ1n) is 8.13. The molecule has 1 aliphatic heterocycles. The topological polar surface area (TPSA) is 49.6 Å². The van der Waals surface area contributed by atoms with Crippen LogP contribution in [0.5, 0.6) is 0 Å². The van der Waals surface area contributed by atoms with Crippen LogP contribution in [0.15, 0.2) is 54.6 Å². The van der Waals surface area contributed by atoms with Crippen molar-refractivity contribution in [3.05, 3.63) is 66.0 Å². The van der Waals surface area contributed by atoms with Gasteiger partial charge in [-0.1, -0.05) is 30.3 Å². The van der Waals surface area contributed by atoms with E-state index in [9.17, 15) is 9.18 Å². The molecule has 0 aliphatic carbocycles. The van der Waals surface area contributed by atoms with E-state index in [1.807, 2.05) is 23.1 Å². The van der Waals surface area contributed by atoms with Gasteiger partial charge in [-0.15, -0.1) is 12.4 Å². The van der Waals surface area contributed by atoms with Gasteiger partial charge in [0.25, 0.3) is 0 Å². The van der Waals surface area contributed by atoms with Gasteiger partial charge in [0.1, 0.15) is 11.5 Å². The van der Waals surface area contributed by atoms with Gasteiger partial charge in [-0.05, 0) is 31.2 Å². The quantitative estimate of drug-likeness (QED) is 0.848. The van der Waals surface area contributed by atoms with Crippen molar-refractivity contribution in [3.63, 3.8) is 0 Å². The van der Waals surface area contributed by atoms with E-state index in [4.69, 9.17) is 5.73 Å². The summed E-state index contributed by atoms with van der Waals surface area (Å²) in [5, 5.41) is 0. The number of nitrogens with zero attached hydrogens (tertiary/aromatic N) is 2. The Morgan fingerprint density at radius 2 is 1.56 bits per heavy atom. The van der Waals surface area contributed by atoms with Gasteiger partial charge in [-0.2, -0.15) is 0 Å². The molecule has 1 heterocycles. The van der Waals surface area contributed by atoms with Crippen molar-refractivity contribution in [2.45, 2.75) is 12.6 Å². The van der Waals surface area contributed by atoms with Gasteiger partial charge in [-0.25, -0.2) is 4.39 Å². The molecule has 2 aromatic rings. The molecule has 0 aromatic heterocycles. The molecule has 4 nitrogen and oxygen atoms in total. The third-order valence-electron chi connectivity index (χ3n) is 4.62. The van der Waals surface area contributed by atoms with Crippen molar-refractivity contribution < 1.29 is 9.18 Å². The smallest absolute Gasteiger partial charge is 0.197 e. The SMILES string of the molecule is CC(N)(C(=O)c1ccccc1)N1CCN(c2ccc(F)cc2)CC1.Cl. The van der Waals surface area contributed by atoms with Crippen LogP contribution in [0.25, 0.3) is 0 Å². The van der Waals surface area contributed by atoms with Crippen LogP contribution in [0.4, 0.5) is 10.1 Å². The summed E-state index contributed by atoms with van der Waals surface area (Å²) in [6, 6.07) is 15.6. The Hall–Kier alpha value is -1.95. The van der Waals surface area contributed by atoms with Crippen LogP contribution >= 0.6 is 12.4 Å². The molecule has 0 radical (unpaired) electrons. The number of hydrogen-bond acceptors (Lipinski definition) is 4. The summed E-state index contributed by atoms with van der Waals surface area (Å²) in [6.45, 7) is 4.64. The zero-order chi connectivity index (χ0) is 17.2. The van der Waals surface area contributed by atoms with Gasteiger partial charge in [-0.3, -0.25) is 9.69 Å². The molecule has 134 valence electrons. The number of rotatable bonds is 4. The third kappa shape index (κ3) is 4.18. The summed E-state index contributed by atoms with van der Waals surface area (Å²) in [4.78, 5) is 16.9. The molecule has 1 saturated heterocycles. The minimum atomic E-state index is -1.03. The first-order valence-corrected chi connectivity index (χ1v) is 8.13. The zero-order valence-corrected chi connectivity index (χ0v) is 15.0. The van der Waals surface area contributed by atoms with Gasteiger partial charge < -0.3 is 10.6 Å². The highest BCUT2D eigenvalue weighted by Gasteiger charge is 2.37. The van der Waals surface area contributed by atoms with Crippen LogP contribution in [0, 0.1) is 5.82 Å². The summed E-state index contributed by atoms with van der Waals surface area (Å²) < 4.78 is 13.0. The van der Waals surface area contributed by atoms with Crippen LogP contribution in [0.2, 0.25) is 0 Å². The van der Waals surface area contributed by atoms with Gasteiger partial charge in [0.2, 0.25) is 0 Å². The maximum Gasteiger partial charge on any atom is 0.197 e. The number of piperazine rings is 1. The molecule has 1 unspecified atom stereocenters. The lowest BCUT2D eigenvalue weighted by Crippen LogP contribution is -2.64. The van der Waals surface area contributed by atoms with Gasteiger partial charge in [0, 0.05) is 37.4 Å². The summed E-state index contributed by atoms with van der Waals surface area (Å²) in [7, 11) is 0. The monoisotopic (exact) mass is 363 g/mol. The van der Waals surface area contributed by atoms with Crippen molar-refractivity contribution >= 4 is 23.9 Å². The van der Waals surface area contributed by atoms with E-state index in [1.54, 1.807) is 31.2 Å². The van der Waals surface area contributed by atoms with Crippen molar-refractivity contribution in [2.75, 3.05) is 31.1 Å². The summed E-state index contributed by atoms with van der Waals surface area (Å²) in [5.41, 5.74) is 6.97. The molecule has 2 aromatic carbocycles. The predicted octanol–water partition coefficient (Wildman–Crippen LogP) is 2.93. The van der Waals surface area contributed by atoms with Crippen molar-refractivity contribution in [1.82, 2.24) is 4.90 Å². The number of carbonyl (C=O) groups excluding carboxylic acids is 1. The van der Waals surface area contributed by atoms with Crippen LogP contribution in [0.1, 0.15) is 17.3 Å². The number of ketones is 1. The Bertz CT molecular complexity index is 698. The van der Waals surface area contributed by atoms with Crippen LogP contribution < -0.4 is 10.6 Å². The Balaban J connectivity index is 0.00000225. The Morgan fingerprint density at radius 3 is 2.12 bits per heavy atom. The van der Waals surface area contributed by atoms with E-state index in [-0.39, 0.29) is 24.0 Å². The molecular weight excluding hydrogens is 341 g/mol. The Kier molecular flexibility index (Phi) is 6.16. The lowest BCUT2D eigenvalue weighted by molar-refractivity contribution is 0.0586. The fourth-order valence-electron chi connectivity index (χ4n) is 3.11. The van der Waals surface area contributed by atoms with Gasteiger partial charge in [0.15, 0.2) is 5.78 Å². The molecule has 6 heteroatoms. The Morgan fingerprint density at radius 1 is 1.00 bits per heavy atom. The maximum absolute atomic E-state index is 13.0. The second-order valence-corrected chi connectivity index (χ2v) is 6.29. The number of carbonyl (C=O) groups is 1. The molecule has 1 fully saturated rings. The van der Waals surface area contributed by atoms with E-state index in [0.29, 0.717) is 18.7 Å². The fraction of sp³-hybridized carbons (Fsp3) is 0.316. The molecule has 3 rings (SSSR count). The standard InChI is InChI=1S/C19H22FN3O.ClH/c1-19(21,18(24)15-5-3-2-4-6-15)23-13-11-22(12-14-23)17-9-7-16(20)8-10-17;/h2-10H,11-14,21H2,1H3;1H. The molecular formula is C19H23ClFN3O. The number of Topliss-reactive ketones (excluding diaryl/α,β-unsaturated/α-hetero) is 1. The molecule has 1 atom stereocenters. The molecule has 1 aliphatic rings. The molecule has 0 spiro atoms. The van der Waals surface area contributed by atoms with E-state index in [0.717, 1.165) is 18.8 Å². The first-order chi connectivity index (χ1) is 11.5. The van der Waals surface area contributed by atoms with E-state index >= 15 is 0 Å². The van der Waals surface area contributed by atoms with Crippen LogP contribution in [-0.4, -0.2) is 42.5 Å². The summed E-state index contributed by atoms with van der Waals surface area (Å²) in [5.74, 6) is -0.307. The number of nitrogens with two attached hydrogens (primary N) is 1. The van der Waals surface area contributed by atoms with Crippen LogP contribution in [-0.2, 0) is 0 Å². The number of anilines is 1. The minimum Gasteiger partial charge on any atom is -0.369 e. The predicted molar refractivity (Wildman–Crippen MR) is 101 cm³/mol. The molecule has 0 saturated carbocycles. The summed E-state index contributed by atoms with van der Waals surface area (Å²) >= 11 is 0. The Labute approximate surface area is 153 Å². The molecule has 2 N–H and O–H groups in total. The number of halogens is 2. The number of hydrogen-bond donors (Lipinski definition) is 1. The number of benzene rings is 2. The first kappa shape index (κ1) is 19.4. The summed E-state index contributed by atoms with van der Waals surface area (Å²) in [6.07, 6.45) is 0. The lowest BCUT2D eigenvalue weighted by atomic mass is 9.97. The average Bonchev–Trinajstić information content (AvgIpc) is 2.62. The van der Waals surface area contributed by atoms with Gasteiger partial charge in [0.05, 0.1) is 0 Å². The van der Waals surface area contributed by atoms with Crippen LogP contribution in [0.3, 0.4) is 0 Å². The van der Waals surface area contributed by atoms with Crippen molar-refractivity contribution in [2.24, 2.45) is 5.73 Å². The van der Waals surface area contributed by atoms with Crippen molar-refractivity contribution in [3.8, 4) is 0 Å². The highest BCUT2D eigenvalue weighted by molar-refractivity contribution is 6.02. The average molecular weight is 364 g/mol. The van der Waals surface area contributed by atoms with E-state index in [1.165, 1.54) is 12.1 Å². The largest absolute Gasteiger partial charge is 0.369 e. The molecule has 0 bridgehead atoms. The fourth-order valence-corrected chi connectivity index (χ4v) is 3.11. The van der Waals surface area contributed by atoms with Crippen molar-refractivity contribution in [1.29, 1.82) is 0 Å². The molecule has 25 heavy (non-hydrogen) atoms. The van der Waals surface area contributed by atoms with E-state index in [2.05, 4.69) is 4.90 Å². The third-order valence-corrected chi connectivity index (χ3v) is 4.62. The highest BCUT2D eigenvalue weighted by atomic mass is 35.5. The van der Waals surface area contributed by atoms with E-state index < -0.39 is 5.66 Å². The second kappa shape index (κ2) is 7.95. The molecule has 0 amide bonds. The van der Waals surface area contributed by atoms with Gasteiger partial charge >= 0.3 is 0 Å². The zero-order valence-electron chi connectivity index (χ0n) is 14.2. The maximum atomic E-state index is 13.0. The minimum absolute atomic E-state index is 0. The second-order valence-electron chi connectivity index (χ2n) is 6.29.